The van der Waals surface area contributed by atoms with E-state index in [0.29, 0.717) is 50.5 Å². The smallest absolute Gasteiger partial charge is 0.410 e. The second-order valence-corrected chi connectivity index (χ2v) is 11.5. The van der Waals surface area contributed by atoms with Crippen LogP contribution in [0, 0.1) is 5.92 Å². The zero-order valence-electron chi connectivity index (χ0n) is 25.0. The average Bonchev–Trinajstić information content (AvgIpc) is 3.37. The van der Waals surface area contributed by atoms with Crippen molar-refractivity contribution in [2.45, 2.75) is 72.0 Å². The summed E-state index contributed by atoms with van der Waals surface area (Å²) in [7, 11) is 1.59. The highest BCUT2D eigenvalue weighted by molar-refractivity contribution is 5.80. The van der Waals surface area contributed by atoms with Gasteiger partial charge in [0.25, 0.3) is 0 Å². The van der Waals surface area contributed by atoms with Gasteiger partial charge in [0.2, 0.25) is 5.88 Å². The number of esters is 1. The molecule has 0 aliphatic carbocycles. The highest BCUT2D eigenvalue weighted by atomic mass is 16.6. The number of amides is 1. The molecule has 1 fully saturated rings. The fraction of sp³-hybridized carbons (Fsp3) is 0.567. The molecular weight excluding hydrogens is 524 g/mol. The van der Waals surface area contributed by atoms with Crippen LogP contribution in [0.15, 0.2) is 36.8 Å². The maximum absolute atomic E-state index is 13.0. The summed E-state index contributed by atoms with van der Waals surface area (Å²) in [5, 5.41) is 4.44. The summed E-state index contributed by atoms with van der Waals surface area (Å²) in [6, 6.07) is 5.73. The number of anilines is 1. The molecule has 1 aliphatic heterocycles. The molecule has 3 aromatic rings. The molecular formula is C30H42N6O5. The number of hydrogen-bond acceptors (Lipinski definition) is 9. The molecule has 4 heterocycles. The van der Waals surface area contributed by atoms with Crippen molar-refractivity contribution in [2.24, 2.45) is 5.92 Å². The maximum atomic E-state index is 13.0. The van der Waals surface area contributed by atoms with E-state index in [-0.39, 0.29) is 24.1 Å². The van der Waals surface area contributed by atoms with Crippen molar-refractivity contribution in [3.63, 3.8) is 0 Å². The maximum Gasteiger partial charge on any atom is 0.410 e. The molecule has 4 rings (SSSR count). The van der Waals surface area contributed by atoms with Crippen LogP contribution in [-0.2, 0) is 14.3 Å². The van der Waals surface area contributed by atoms with E-state index in [1.165, 1.54) is 0 Å². The third kappa shape index (κ3) is 7.86. The van der Waals surface area contributed by atoms with E-state index in [0.717, 1.165) is 29.8 Å². The Labute approximate surface area is 241 Å². The third-order valence-corrected chi connectivity index (χ3v) is 7.11. The summed E-state index contributed by atoms with van der Waals surface area (Å²) in [6.45, 7) is 12.0. The topological polar surface area (TPSA) is 111 Å². The van der Waals surface area contributed by atoms with Crippen LogP contribution in [0.1, 0.15) is 60.3 Å². The molecule has 11 heteroatoms. The fourth-order valence-corrected chi connectivity index (χ4v) is 4.91. The van der Waals surface area contributed by atoms with Crippen molar-refractivity contribution in [1.29, 1.82) is 0 Å². The highest BCUT2D eigenvalue weighted by Gasteiger charge is 2.26. The minimum atomic E-state index is -0.484. The van der Waals surface area contributed by atoms with Crippen LogP contribution in [0.25, 0.3) is 16.8 Å². The highest BCUT2D eigenvalue weighted by Crippen LogP contribution is 2.31. The van der Waals surface area contributed by atoms with Crippen molar-refractivity contribution in [3.8, 4) is 17.0 Å². The van der Waals surface area contributed by atoms with Crippen LogP contribution in [0.3, 0.4) is 0 Å². The van der Waals surface area contributed by atoms with Crippen molar-refractivity contribution in [1.82, 2.24) is 24.5 Å². The first-order valence-corrected chi connectivity index (χ1v) is 14.3. The second kappa shape index (κ2) is 13.2. The normalized spacial score (nSPS) is 15.5. The van der Waals surface area contributed by atoms with Gasteiger partial charge in [-0.15, -0.1) is 0 Å². The van der Waals surface area contributed by atoms with Gasteiger partial charge in [-0.25, -0.2) is 19.3 Å². The summed E-state index contributed by atoms with van der Waals surface area (Å²) in [5.74, 6) is 1.30. The largest absolute Gasteiger partial charge is 0.481 e. The quantitative estimate of drug-likeness (QED) is 0.314. The lowest BCUT2D eigenvalue weighted by atomic mass is 9.98. The van der Waals surface area contributed by atoms with Gasteiger partial charge < -0.3 is 24.0 Å². The van der Waals surface area contributed by atoms with Crippen LogP contribution in [0.5, 0.6) is 5.88 Å². The minimum absolute atomic E-state index is 0.154. The van der Waals surface area contributed by atoms with Crippen LogP contribution in [-0.4, -0.2) is 81.5 Å². The van der Waals surface area contributed by atoms with Gasteiger partial charge in [-0.2, -0.15) is 5.10 Å². The number of methoxy groups -OCH3 is 1. The van der Waals surface area contributed by atoms with Crippen LogP contribution in [0.4, 0.5) is 10.6 Å². The lowest BCUT2D eigenvalue weighted by molar-refractivity contribution is -0.155. The van der Waals surface area contributed by atoms with E-state index in [1.807, 2.05) is 59.0 Å². The lowest BCUT2D eigenvalue weighted by Gasteiger charge is -2.35. The molecule has 0 aromatic carbocycles. The number of pyridine rings is 1. The molecule has 1 amide bonds. The number of fused-ring (bicyclic) bond motifs is 1. The second-order valence-electron chi connectivity index (χ2n) is 11.5. The first kappa shape index (κ1) is 30.1. The first-order valence-electron chi connectivity index (χ1n) is 14.3. The molecule has 0 saturated carbocycles. The summed E-state index contributed by atoms with van der Waals surface area (Å²) >= 11 is 0. The fourth-order valence-electron chi connectivity index (χ4n) is 4.91. The Bertz CT molecular complexity index is 1330. The van der Waals surface area contributed by atoms with Gasteiger partial charge in [-0.3, -0.25) is 4.79 Å². The standard InChI is InChI=1S/C30H42N6O5/c1-7-22(11-10-21(2)19-26(37)41-30(3,4)5)40-29(38)35-17-15-34(16-18-35)25-12-14-36-27(33-25)24(20-32-36)23-9-8-13-31-28(23)39-6/h8-9,12-14,20-22H,7,10-11,15-19H2,1-6H3. The molecule has 222 valence electrons. The van der Waals surface area contributed by atoms with Crippen LogP contribution >= 0.6 is 0 Å². The summed E-state index contributed by atoms with van der Waals surface area (Å²) in [5.41, 5.74) is 1.89. The van der Waals surface area contributed by atoms with Crippen LogP contribution in [0.2, 0.25) is 0 Å². The summed E-state index contributed by atoms with van der Waals surface area (Å²) < 4.78 is 18.5. The molecule has 41 heavy (non-hydrogen) atoms. The van der Waals surface area contributed by atoms with E-state index >= 15 is 0 Å². The number of carbonyl (C=O) groups excluding carboxylic acids is 2. The summed E-state index contributed by atoms with van der Waals surface area (Å²) in [6.07, 6.45) is 7.46. The molecule has 11 nitrogen and oxygen atoms in total. The third-order valence-electron chi connectivity index (χ3n) is 7.11. The molecule has 0 spiro atoms. The van der Waals surface area contributed by atoms with Gasteiger partial charge in [-0.05, 0) is 64.2 Å². The van der Waals surface area contributed by atoms with Gasteiger partial charge in [-0.1, -0.05) is 13.8 Å². The molecule has 0 radical (unpaired) electrons. The zero-order valence-corrected chi connectivity index (χ0v) is 25.0. The predicted molar refractivity (Wildman–Crippen MR) is 156 cm³/mol. The Morgan fingerprint density at radius 1 is 1.07 bits per heavy atom. The Balaban J connectivity index is 1.30. The van der Waals surface area contributed by atoms with Crippen molar-refractivity contribution in [2.75, 3.05) is 38.2 Å². The van der Waals surface area contributed by atoms with E-state index < -0.39 is 5.60 Å². The van der Waals surface area contributed by atoms with Crippen molar-refractivity contribution in [3.05, 3.63) is 36.8 Å². The van der Waals surface area contributed by atoms with Crippen molar-refractivity contribution < 1.29 is 23.8 Å². The molecule has 0 N–H and O–H groups in total. The van der Waals surface area contributed by atoms with E-state index in [1.54, 1.807) is 28.9 Å². The zero-order chi connectivity index (χ0) is 29.6. The Morgan fingerprint density at radius 3 is 2.51 bits per heavy atom. The van der Waals surface area contributed by atoms with Gasteiger partial charge in [0.15, 0.2) is 5.65 Å². The van der Waals surface area contributed by atoms with Crippen molar-refractivity contribution >= 4 is 23.5 Å². The molecule has 1 aliphatic rings. The molecule has 0 bridgehead atoms. The molecule has 2 unspecified atom stereocenters. The number of hydrogen-bond donors (Lipinski definition) is 0. The number of nitrogens with zero attached hydrogens (tertiary/aromatic N) is 6. The Kier molecular flexibility index (Phi) is 9.67. The van der Waals surface area contributed by atoms with Gasteiger partial charge in [0.1, 0.15) is 17.5 Å². The molecule has 2 atom stereocenters. The number of aromatic nitrogens is 4. The average molecular weight is 567 g/mol. The molecule has 3 aromatic heterocycles. The number of carbonyl (C=O) groups is 2. The van der Waals surface area contributed by atoms with Gasteiger partial charge in [0.05, 0.1) is 18.9 Å². The first-order chi connectivity index (χ1) is 19.6. The van der Waals surface area contributed by atoms with E-state index in [9.17, 15) is 9.59 Å². The Morgan fingerprint density at radius 2 is 1.83 bits per heavy atom. The van der Waals surface area contributed by atoms with Gasteiger partial charge >= 0.3 is 12.1 Å². The van der Waals surface area contributed by atoms with Crippen LogP contribution < -0.4 is 9.64 Å². The number of piperazine rings is 1. The number of ether oxygens (including phenoxy) is 3. The van der Waals surface area contributed by atoms with E-state index in [2.05, 4.69) is 15.0 Å². The monoisotopic (exact) mass is 566 g/mol. The summed E-state index contributed by atoms with van der Waals surface area (Å²) in [4.78, 5) is 38.2. The predicted octanol–water partition coefficient (Wildman–Crippen LogP) is 4.99. The van der Waals surface area contributed by atoms with Gasteiger partial charge in [0, 0.05) is 50.6 Å². The molecule has 1 saturated heterocycles. The SMILES string of the molecule is CCC(CCC(C)CC(=O)OC(C)(C)C)OC(=O)N1CCN(c2ccn3ncc(-c4cccnc4OC)c3n2)CC1. The number of rotatable bonds is 10. The Hall–Kier alpha value is -3.89. The lowest BCUT2D eigenvalue weighted by Crippen LogP contribution is -2.49. The minimum Gasteiger partial charge on any atom is -0.481 e. The van der Waals surface area contributed by atoms with E-state index in [4.69, 9.17) is 19.2 Å².